The van der Waals surface area contributed by atoms with E-state index in [0.29, 0.717) is 5.95 Å². The van der Waals surface area contributed by atoms with Crippen molar-refractivity contribution in [2.45, 2.75) is 19.8 Å². The summed E-state index contributed by atoms with van der Waals surface area (Å²) in [5, 5.41) is 1.29. The monoisotopic (exact) mass is 404 g/mol. The van der Waals surface area contributed by atoms with E-state index in [1.54, 1.807) is 0 Å². The third-order valence-electron chi connectivity index (χ3n) is 5.15. The normalized spacial score (nSPS) is 12.8. The molecule has 128 valence electrons. The van der Waals surface area contributed by atoms with Gasteiger partial charge in [-0.15, -0.1) is 0 Å². The third kappa shape index (κ3) is 2.27. The average molecular weight is 405 g/mol. The highest BCUT2D eigenvalue weighted by Crippen LogP contribution is 2.40. The molecule has 0 bridgehead atoms. The van der Waals surface area contributed by atoms with E-state index >= 15 is 0 Å². The van der Waals surface area contributed by atoms with Gasteiger partial charge in [-0.25, -0.2) is 9.97 Å². The second-order valence-electron chi connectivity index (χ2n) is 6.74. The zero-order valence-corrected chi connectivity index (χ0v) is 15.9. The van der Waals surface area contributed by atoms with Crippen LogP contribution in [-0.2, 0) is 12.8 Å². The molecule has 0 amide bonds. The van der Waals surface area contributed by atoms with Crippen LogP contribution in [0.2, 0.25) is 0 Å². The first-order valence-corrected chi connectivity index (χ1v) is 9.44. The number of aryl methyl sites for hydroxylation is 2. The molecular formula is C21H17BrN4. The Morgan fingerprint density at radius 1 is 0.962 bits per heavy atom. The van der Waals surface area contributed by atoms with Crippen LogP contribution in [0.4, 0.5) is 5.95 Å². The fourth-order valence-electron chi connectivity index (χ4n) is 3.92. The molecule has 0 radical (unpaired) electrons. The topological polar surface area (TPSA) is 67.6 Å². The van der Waals surface area contributed by atoms with Gasteiger partial charge in [0.1, 0.15) is 0 Å². The molecule has 0 fully saturated rings. The number of rotatable bonds is 1. The van der Waals surface area contributed by atoms with Gasteiger partial charge in [-0.1, -0.05) is 46.3 Å². The number of aromatic amines is 1. The van der Waals surface area contributed by atoms with Gasteiger partial charge in [-0.05, 0) is 43.0 Å². The molecule has 1 aliphatic rings. The van der Waals surface area contributed by atoms with Crippen molar-refractivity contribution in [3.63, 3.8) is 0 Å². The quantitative estimate of drug-likeness (QED) is 0.466. The van der Waals surface area contributed by atoms with Crippen LogP contribution < -0.4 is 5.73 Å². The second kappa shape index (κ2) is 5.68. The molecule has 2 aromatic carbocycles. The highest BCUT2D eigenvalue weighted by molar-refractivity contribution is 9.10. The average Bonchev–Trinajstić information content (AvgIpc) is 3.02. The molecule has 4 aromatic rings. The van der Waals surface area contributed by atoms with Crippen LogP contribution in [-0.4, -0.2) is 15.0 Å². The number of nitrogen functional groups attached to an aromatic ring is 1. The van der Waals surface area contributed by atoms with Crippen molar-refractivity contribution in [3.8, 4) is 22.6 Å². The molecule has 3 N–H and O–H groups in total. The van der Waals surface area contributed by atoms with E-state index in [2.05, 4.69) is 68.1 Å². The summed E-state index contributed by atoms with van der Waals surface area (Å²) in [6, 6.07) is 14.6. The third-order valence-corrected chi connectivity index (χ3v) is 5.68. The van der Waals surface area contributed by atoms with Gasteiger partial charge in [0.05, 0.1) is 17.1 Å². The Bertz CT molecular complexity index is 1160. The van der Waals surface area contributed by atoms with E-state index in [1.165, 1.54) is 27.6 Å². The summed E-state index contributed by atoms with van der Waals surface area (Å²) in [6.07, 6.45) is 1.89. The molecule has 26 heavy (non-hydrogen) atoms. The Hall–Kier alpha value is -2.66. The Labute approximate surface area is 159 Å². The number of nitrogens with one attached hydrogen (secondary N) is 1. The maximum Gasteiger partial charge on any atom is 0.221 e. The van der Waals surface area contributed by atoms with Crippen molar-refractivity contribution < 1.29 is 0 Å². The largest absolute Gasteiger partial charge is 0.368 e. The predicted octanol–water partition coefficient (Wildman–Crippen LogP) is 5.04. The molecule has 1 aliphatic carbocycles. The van der Waals surface area contributed by atoms with Gasteiger partial charge in [0.2, 0.25) is 5.95 Å². The molecular weight excluding hydrogens is 388 g/mol. The van der Waals surface area contributed by atoms with Gasteiger partial charge in [-0.3, -0.25) is 0 Å². The van der Waals surface area contributed by atoms with Crippen LogP contribution in [0.3, 0.4) is 0 Å². The summed E-state index contributed by atoms with van der Waals surface area (Å²) in [7, 11) is 0. The van der Waals surface area contributed by atoms with Gasteiger partial charge < -0.3 is 10.7 Å². The molecule has 0 aliphatic heterocycles. The zero-order chi connectivity index (χ0) is 17.8. The van der Waals surface area contributed by atoms with Crippen LogP contribution in [0.5, 0.6) is 0 Å². The molecule has 0 saturated heterocycles. The van der Waals surface area contributed by atoms with Crippen molar-refractivity contribution in [1.29, 1.82) is 0 Å². The smallest absolute Gasteiger partial charge is 0.221 e. The SMILES string of the molecule is Cc1cccc2c3c([nH]c12)-c1nc(N)nc(-c2ccc(Br)cc2)c1CC3. The lowest BCUT2D eigenvalue weighted by molar-refractivity contribution is 0.921. The number of fused-ring (bicyclic) bond motifs is 5. The summed E-state index contributed by atoms with van der Waals surface area (Å²) in [5.41, 5.74) is 15.0. The number of aromatic nitrogens is 3. The van der Waals surface area contributed by atoms with E-state index in [9.17, 15) is 0 Å². The van der Waals surface area contributed by atoms with Crippen molar-refractivity contribution >= 4 is 32.8 Å². The minimum Gasteiger partial charge on any atom is -0.368 e. The van der Waals surface area contributed by atoms with E-state index < -0.39 is 0 Å². The van der Waals surface area contributed by atoms with Crippen LogP contribution in [0, 0.1) is 6.92 Å². The lowest BCUT2D eigenvalue weighted by atomic mass is 9.89. The maximum atomic E-state index is 6.09. The van der Waals surface area contributed by atoms with Gasteiger partial charge in [0.25, 0.3) is 0 Å². The number of nitrogens with two attached hydrogens (primary N) is 1. The van der Waals surface area contributed by atoms with Crippen molar-refractivity contribution in [2.75, 3.05) is 5.73 Å². The number of nitrogens with zero attached hydrogens (tertiary/aromatic N) is 2. The number of hydrogen-bond acceptors (Lipinski definition) is 3. The first-order valence-electron chi connectivity index (χ1n) is 8.64. The highest BCUT2D eigenvalue weighted by Gasteiger charge is 2.26. The van der Waals surface area contributed by atoms with Crippen LogP contribution in [0.1, 0.15) is 16.7 Å². The van der Waals surface area contributed by atoms with Crippen molar-refractivity contribution in [2.24, 2.45) is 0 Å². The predicted molar refractivity (Wildman–Crippen MR) is 109 cm³/mol. The molecule has 2 heterocycles. The standard InChI is InChI=1S/C21H17BrN4/c1-11-3-2-4-14-15-9-10-16-18(12-5-7-13(22)8-6-12)25-21(23)26-20(16)19(15)24-17(11)14/h2-8,24H,9-10H2,1H3,(H2,23,25,26). The van der Waals surface area contributed by atoms with E-state index in [1.807, 2.05) is 12.1 Å². The van der Waals surface area contributed by atoms with Crippen LogP contribution in [0.15, 0.2) is 46.9 Å². The minimum atomic E-state index is 0.310. The Morgan fingerprint density at radius 3 is 2.50 bits per heavy atom. The molecule has 0 atom stereocenters. The maximum absolute atomic E-state index is 6.09. The van der Waals surface area contributed by atoms with Gasteiger partial charge in [0.15, 0.2) is 0 Å². The molecule has 0 spiro atoms. The summed E-state index contributed by atoms with van der Waals surface area (Å²) < 4.78 is 1.05. The second-order valence-corrected chi connectivity index (χ2v) is 7.66. The number of halogens is 1. The van der Waals surface area contributed by atoms with Crippen molar-refractivity contribution in [1.82, 2.24) is 15.0 Å². The summed E-state index contributed by atoms with van der Waals surface area (Å²) in [4.78, 5) is 12.8. The molecule has 5 rings (SSSR count). The fourth-order valence-corrected chi connectivity index (χ4v) is 4.19. The Balaban J connectivity index is 1.79. The number of hydrogen-bond donors (Lipinski definition) is 2. The lowest BCUT2D eigenvalue weighted by Crippen LogP contribution is -2.10. The fraction of sp³-hybridized carbons (Fsp3) is 0.143. The number of para-hydroxylation sites is 1. The molecule has 2 aromatic heterocycles. The Morgan fingerprint density at radius 2 is 1.69 bits per heavy atom. The Kier molecular flexibility index (Phi) is 3.40. The van der Waals surface area contributed by atoms with Gasteiger partial charge in [-0.2, -0.15) is 0 Å². The van der Waals surface area contributed by atoms with Crippen LogP contribution in [0.25, 0.3) is 33.5 Å². The number of H-pyrrole nitrogens is 1. The summed E-state index contributed by atoms with van der Waals surface area (Å²) in [6.45, 7) is 2.13. The summed E-state index contributed by atoms with van der Waals surface area (Å²) in [5.74, 6) is 0.310. The first-order chi connectivity index (χ1) is 12.6. The summed E-state index contributed by atoms with van der Waals surface area (Å²) >= 11 is 3.49. The molecule has 5 heteroatoms. The highest BCUT2D eigenvalue weighted by atomic mass is 79.9. The van der Waals surface area contributed by atoms with E-state index in [4.69, 9.17) is 5.73 Å². The number of benzene rings is 2. The van der Waals surface area contributed by atoms with E-state index in [0.717, 1.165) is 40.0 Å². The number of anilines is 1. The van der Waals surface area contributed by atoms with Gasteiger partial charge in [0, 0.05) is 26.5 Å². The lowest BCUT2D eigenvalue weighted by Gasteiger charge is -2.19. The van der Waals surface area contributed by atoms with Gasteiger partial charge >= 0.3 is 0 Å². The minimum absolute atomic E-state index is 0.310. The van der Waals surface area contributed by atoms with E-state index in [-0.39, 0.29) is 0 Å². The molecule has 0 unspecified atom stereocenters. The van der Waals surface area contributed by atoms with Crippen molar-refractivity contribution in [3.05, 3.63) is 63.6 Å². The molecule has 4 nitrogen and oxygen atoms in total. The zero-order valence-electron chi connectivity index (χ0n) is 14.3. The first kappa shape index (κ1) is 15.6. The molecule has 0 saturated carbocycles. The van der Waals surface area contributed by atoms with Crippen LogP contribution >= 0.6 is 15.9 Å².